The molecule has 1 fully saturated rings. The molecule has 5 nitrogen and oxygen atoms in total. The Labute approximate surface area is 189 Å². The van der Waals surface area contributed by atoms with Gasteiger partial charge in [0.05, 0.1) is 31.5 Å². The predicted molar refractivity (Wildman–Crippen MR) is 124 cm³/mol. The summed E-state index contributed by atoms with van der Waals surface area (Å²) in [7, 11) is 0. The van der Waals surface area contributed by atoms with Crippen molar-refractivity contribution in [2.24, 2.45) is 23.7 Å². The molecule has 1 aromatic carbocycles. The fourth-order valence-corrected chi connectivity index (χ4v) is 4.67. The van der Waals surface area contributed by atoms with Crippen molar-refractivity contribution in [2.75, 3.05) is 13.2 Å². The van der Waals surface area contributed by atoms with E-state index in [9.17, 15) is 10.2 Å². The molecule has 1 heterocycles. The van der Waals surface area contributed by atoms with E-state index in [4.69, 9.17) is 14.2 Å². The van der Waals surface area contributed by atoms with Crippen LogP contribution in [0.5, 0.6) is 0 Å². The van der Waals surface area contributed by atoms with Gasteiger partial charge < -0.3 is 24.4 Å². The van der Waals surface area contributed by atoms with Crippen molar-refractivity contribution >= 4 is 0 Å². The Hall–Kier alpha value is -0.980. The second-order valence-electron chi connectivity index (χ2n) is 9.86. The van der Waals surface area contributed by atoms with Gasteiger partial charge in [0.25, 0.3) is 0 Å². The molecule has 178 valence electrons. The molecular weight excluding hydrogens is 392 g/mol. The first-order chi connectivity index (χ1) is 14.7. The monoisotopic (exact) mass is 436 g/mol. The molecule has 1 saturated heterocycles. The molecule has 0 amide bonds. The maximum absolute atomic E-state index is 10.5. The van der Waals surface area contributed by atoms with Gasteiger partial charge in [-0.3, -0.25) is 0 Å². The third-order valence-electron chi connectivity index (χ3n) is 6.78. The third kappa shape index (κ3) is 7.83. The van der Waals surface area contributed by atoms with Crippen molar-refractivity contribution in [2.45, 2.75) is 91.5 Å². The zero-order valence-corrected chi connectivity index (χ0v) is 20.3. The van der Waals surface area contributed by atoms with Crippen LogP contribution in [0.4, 0.5) is 0 Å². The standard InChI is InChI=1S/C26H44O5/c1-7-22(15-27)23(28)14-13-18(2)24(29-17-21-11-9-8-10-12-21)20(4)25-19(3)16-30-26(5,6)31-25/h8-12,18-20,22-25,27-28H,7,13-17H2,1-6H3/t18-,19+,20+,22-,23-,24+,25+/m0/s1. The Balaban J connectivity index is 2.10. The highest BCUT2D eigenvalue weighted by Gasteiger charge is 2.41. The van der Waals surface area contributed by atoms with Gasteiger partial charge in [-0.05, 0) is 44.6 Å². The van der Waals surface area contributed by atoms with Gasteiger partial charge in [-0.1, -0.05) is 58.0 Å². The number of aliphatic hydroxyl groups excluding tert-OH is 2. The van der Waals surface area contributed by atoms with Gasteiger partial charge in [0, 0.05) is 24.4 Å². The highest BCUT2D eigenvalue weighted by molar-refractivity contribution is 5.13. The summed E-state index contributed by atoms with van der Waals surface area (Å²) in [6, 6.07) is 10.2. The van der Waals surface area contributed by atoms with E-state index in [-0.39, 0.29) is 42.5 Å². The molecular formula is C26H44O5. The van der Waals surface area contributed by atoms with Crippen molar-refractivity contribution in [3.8, 4) is 0 Å². The first kappa shape index (κ1) is 26.3. The Morgan fingerprint density at radius 3 is 2.45 bits per heavy atom. The smallest absolute Gasteiger partial charge is 0.163 e. The minimum atomic E-state index is -0.593. The van der Waals surface area contributed by atoms with Gasteiger partial charge in [0.2, 0.25) is 0 Å². The van der Waals surface area contributed by atoms with Gasteiger partial charge in [-0.25, -0.2) is 0 Å². The molecule has 2 N–H and O–H groups in total. The second-order valence-corrected chi connectivity index (χ2v) is 9.86. The molecule has 5 heteroatoms. The van der Waals surface area contributed by atoms with Gasteiger partial charge in [-0.15, -0.1) is 0 Å². The van der Waals surface area contributed by atoms with Crippen molar-refractivity contribution < 1.29 is 24.4 Å². The van der Waals surface area contributed by atoms with E-state index in [1.807, 2.05) is 39.0 Å². The number of benzene rings is 1. The summed E-state index contributed by atoms with van der Waals surface area (Å²) in [4.78, 5) is 0. The van der Waals surface area contributed by atoms with Crippen LogP contribution in [-0.2, 0) is 20.8 Å². The lowest BCUT2D eigenvalue weighted by Gasteiger charge is -2.45. The topological polar surface area (TPSA) is 68.2 Å². The number of hydrogen-bond donors (Lipinski definition) is 2. The minimum Gasteiger partial charge on any atom is -0.396 e. The summed E-state index contributed by atoms with van der Waals surface area (Å²) >= 11 is 0. The third-order valence-corrected chi connectivity index (χ3v) is 6.78. The van der Waals surface area contributed by atoms with E-state index >= 15 is 0 Å². The number of aliphatic hydroxyl groups is 2. The second kappa shape index (κ2) is 12.3. The fraction of sp³-hybridized carbons (Fsp3) is 0.769. The summed E-state index contributed by atoms with van der Waals surface area (Å²) in [6.45, 7) is 13.8. The largest absolute Gasteiger partial charge is 0.396 e. The van der Waals surface area contributed by atoms with Gasteiger partial charge in [0.1, 0.15) is 0 Å². The lowest BCUT2D eigenvalue weighted by molar-refractivity contribution is -0.306. The maximum atomic E-state index is 10.5. The molecule has 1 aliphatic heterocycles. The van der Waals surface area contributed by atoms with Crippen molar-refractivity contribution in [1.29, 1.82) is 0 Å². The normalized spacial score (nSPS) is 26.1. The van der Waals surface area contributed by atoms with E-state index in [1.54, 1.807) is 0 Å². The van der Waals surface area contributed by atoms with Crippen LogP contribution in [0.1, 0.15) is 66.4 Å². The van der Waals surface area contributed by atoms with Gasteiger partial charge in [-0.2, -0.15) is 0 Å². The maximum Gasteiger partial charge on any atom is 0.163 e. The molecule has 31 heavy (non-hydrogen) atoms. The first-order valence-electron chi connectivity index (χ1n) is 11.9. The van der Waals surface area contributed by atoms with Gasteiger partial charge >= 0.3 is 0 Å². The molecule has 7 atom stereocenters. The molecule has 0 unspecified atom stereocenters. The molecule has 0 radical (unpaired) electrons. The number of ether oxygens (including phenoxy) is 3. The van der Waals surface area contributed by atoms with Crippen LogP contribution in [0.15, 0.2) is 30.3 Å². The molecule has 0 spiro atoms. The zero-order valence-electron chi connectivity index (χ0n) is 20.3. The molecule has 0 aliphatic carbocycles. The summed E-state index contributed by atoms with van der Waals surface area (Å²) < 4.78 is 18.7. The Morgan fingerprint density at radius 2 is 1.84 bits per heavy atom. The number of hydrogen-bond acceptors (Lipinski definition) is 5. The Morgan fingerprint density at radius 1 is 1.16 bits per heavy atom. The molecule has 0 aromatic heterocycles. The quantitative estimate of drug-likeness (QED) is 0.493. The van der Waals surface area contributed by atoms with Crippen LogP contribution in [-0.4, -0.2) is 47.5 Å². The minimum absolute atomic E-state index is 0.0111. The Kier molecular flexibility index (Phi) is 10.4. The zero-order chi connectivity index (χ0) is 23.0. The lowest BCUT2D eigenvalue weighted by atomic mass is 9.81. The van der Waals surface area contributed by atoms with Crippen LogP contribution in [0.2, 0.25) is 0 Å². The van der Waals surface area contributed by atoms with Crippen LogP contribution in [0, 0.1) is 23.7 Å². The van der Waals surface area contributed by atoms with Crippen molar-refractivity contribution in [3.05, 3.63) is 35.9 Å². The summed E-state index contributed by atoms with van der Waals surface area (Å²) in [6.07, 6.45) is 1.82. The van der Waals surface area contributed by atoms with E-state index < -0.39 is 11.9 Å². The van der Waals surface area contributed by atoms with Crippen LogP contribution >= 0.6 is 0 Å². The van der Waals surface area contributed by atoms with Crippen LogP contribution in [0.25, 0.3) is 0 Å². The highest BCUT2D eigenvalue weighted by atomic mass is 16.7. The summed E-state index contributed by atoms with van der Waals surface area (Å²) in [5.41, 5.74) is 1.15. The first-order valence-corrected chi connectivity index (χ1v) is 11.9. The van der Waals surface area contributed by atoms with E-state index in [1.165, 1.54) is 0 Å². The predicted octanol–water partition coefficient (Wildman–Crippen LogP) is 4.79. The van der Waals surface area contributed by atoms with E-state index in [2.05, 4.69) is 32.9 Å². The average Bonchev–Trinajstić information content (AvgIpc) is 2.75. The van der Waals surface area contributed by atoms with E-state index in [0.717, 1.165) is 18.4 Å². The lowest BCUT2D eigenvalue weighted by Crippen LogP contribution is -2.51. The van der Waals surface area contributed by atoms with Gasteiger partial charge in [0.15, 0.2) is 5.79 Å². The molecule has 1 aliphatic rings. The fourth-order valence-electron chi connectivity index (χ4n) is 4.67. The summed E-state index contributed by atoms with van der Waals surface area (Å²) in [5, 5.41) is 20.0. The highest BCUT2D eigenvalue weighted by Crippen LogP contribution is 2.35. The van der Waals surface area contributed by atoms with Crippen molar-refractivity contribution in [1.82, 2.24) is 0 Å². The average molecular weight is 437 g/mol. The Bertz CT molecular complexity index is 615. The summed E-state index contributed by atoms with van der Waals surface area (Å²) in [5.74, 6) is 0.0419. The van der Waals surface area contributed by atoms with Crippen LogP contribution < -0.4 is 0 Å². The van der Waals surface area contributed by atoms with Crippen LogP contribution in [0.3, 0.4) is 0 Å². The molecule has 2 rings (SSSR count). The molecule has 1 aromatic rings. The molecule has 0 saturated carbocycles. The van der Waals surface area contributed by atoms with E-state index in [0.29, 0.717) is 19.6 Å². The SMILES string of the molecule is CC[C@@H](CO)[C@@H](O)CC[C@H](C)[C@@H](OCc1ccccc1)[C@@H](C)[C@@H]1OC(C)(C)OC[C@H]1C. The molecule has 0 bridgehead atoms. The number of rotatable bonds is 12. The van der Waals surface area contributed by atoms with Crippen molar-refractivity contribution in [3.63, 3.8) is 0 Å².